The second kappa shape index (κ2) is 44.5. The second-order valence-corrected chi connectivity index (χ2v) is 19.2. The molecular formula is C56H100N2O8. The number of rotatable bonds is 48. The molecule has 2 atom stereocenters. The maximum absolute atomic E-state index is 13.1. The summed E-state index contributed by atoms with van der Waals surface area (Å²) in [5.74, 6) is -1.47. The van der Waals surface area contributed by atoms with Crippen LogP contribution in [-0.2, 0) is 35.1 Å². The Kier molecular flexibility index (Phi) is 41.1. The van der Waals surface area contributed by atoms with E-state index in [0.717, 1.165) is 135 Å². The lowest BCUT2D eigenvalue weighted by molar-refractivity contribution is -0.690. The minimum Gasteiger partial charge on any atom is -0.544 e. The van der Waals surface area contributed by atoms with Crippen LogP contribution < -0.4 is 9.67 Å². The fourth-order valence-electron chi connectivity index (χ4n) is 8.77. The van der Waals surface area contributed by atoms with E-state index in [1.807, 2.05) is 0 Å². The smallest absolute Gasteiger partial charge is 0.338 e. The first kappa shape index (κ1) is 61.0. The molecule has 1 rings (SSSR count). The number of carboxylic acids is 1. The summed E-state index contributed by atoms with van der Waals surface area (Å²) >= 11 is 0. The van der Waals surface area contributed by atoms with Crippen molar-refractivity contribution >= 4 is 23.9 Å². The average molecular weight is 929 g/mol. The van der Waals surface area contributed by atoms with Crippen molar-refractivity contribution in [2.24, 2.45) is 11.8 Å². The number of carboxylic acid groups (broad SMARTS) is 1. The van der Waals surface area contributed by atoms with Crippen molar-refractivity contribution in [1.29, 1.82) is 0 Å². The number of hydrogen-bond donors (Lipinski definition) is 0. The minimum absolute atomic E-state index is 0.0194. The van der Waals surface area contributed by atoms with Gasteiger partial charge in [0.25, 0.3) is 0 Å². The number of carbonyl (C=O) groups is 4. The van der Waals surface area contributed by atoms with E-state index in [0.29, 0.717) is 25.4 Å². The van der Waals surface area contributed by atoms with Gasteiger partial charge >= 0.3 is 17.9 Å². The number of hydrogen-bond acceptors (Lipinski definition) is 9. The molecule has 0 amide bonds. The van der Waals surface area contributed by atoms with Gasteiger partial charge in [-0.15, -0.1) is 0 Å². The van der Waals surface area contributed by atoms with Gasteiger partial charge in [0.05, 0.1) is 37.2 Å². The normalized spacial score (nSPS) is 12.3. The summed E-state index contributed by atoms with van der Waals surface area (Å²) in [6.07, 6.45) is 41.2. The lowest BCUT2D eigenvalue weighted by Crippen LogP contribution is -2.43. The lowest BCUT2D eigenvalue weighted by atomic mass is 9.94. The molecule has 1 aromatic heterocycles. The summed E-state index contributed by atoms with van der Waals surface area (Å²) in [6, 6.07) is 3.13. The molecule has 1 aromatic rings. The fraction of sp³-hybridized carbons (Fsp3) is 0.839. The van der Waals surface area contributed by atoms with E-state index in [9.17, 15) is 24.3 Å². The Bertz CT molecular complexity index is 1250. The predicted octanol–water partition coefficient (Wildman–Crippen LogP) is 12.8. The van der Waals surface area contributed by atoms with Crippen LogP contribution >= 0.6 is 0 Å². The van der Waals surface area contributed by atoms with Gasteiger partial charge in [0.2, 0.25) is 0 Å². The van der Waals surface area contributed by atoms with E-state index in [2.05, 4.69) is 32.6 Å². The molecule has 10 nitrogen and oxygen atoms in total. The molecule has 0 fully saturated rings. The van der Waals surface area contributed by atoms with Crippen LogP contribution in [-0.4, -0.2) is 68.2 Å². The predicted molar refractivity (Wildman–Crippen MR) is 267 cm³/mol. The Hall–Kier alpha value is -3.01. The number of carbonyl (C=O) groups excluding carboxylic acids is 4. The van der Waals surface area contributed by atoms with Gasteiger partial charge in [-0.3, -0.25) is 9.59 Å². The zero-order valence-electron chi connectivity index (χ0n) is 43.1. The van der Waals surface area contributed by atoms with E-state index >= 15 is 0 Å². The standard InChI is InChI=1S/C56H100N2O8/c1-5-9-13-17-19-27-37-50(35-25-15-11-7-3)54(61)64-46-32-23-21-29-41-57(43-31-34-48-66-56(63)52-39-44-58(45-40-52)49-53(59)60)42-30-22-24-33-47-65-55(62)51(36-26-16-12-8-4)38-28-20-18-14-10-6-2/h39-40,44-45,50-51H,5-38,41-43,46-49H2,1-4H3. The number of pyridine rings is 1. The molecule has 0 aliphatic rings. The van der Waals surface area contributed by atoms with Gasteiger partial charge < -0.3 is 29.0 Å². The number of ether oxygens (including phenoxy) is 3. The van der Waals surface area contributed by atoms with Crippen molar-refractivity contribution in [2.45, 2.75) is 253 Å². The molecule has 2 unspecified atom stereocenters. The Balaban J connectivity index is 2.56. The Morgan fingerprint density at radius 2 is 0.773 bits per heavy atom. The number of esters is 3. The first-order valence-corrected chi connectivity index (χ1v) is 27.7. The van der Waals surface area contributed by atoms with Crippen molar-refractivity contribution in [1.82, 2.24) is 4.90 Å². The molecule has 0 spiro atoms. The zero-order valence-corrected chi connectivity index (χ0v) is 43.1. The van der Waals surface area contributed by atoms with Gasteiger partial charge in [-0.2, -0.15) is 4.57 Å². The summed E-state index contributed by atoms with van der Waals surface area (Å²) in [6.45, 7) is 13.0. The van der Waals surface area contributed by atoms with Crippen LogP contribution in [0.3, 0.4) is 0 Å². The summed E-state index contributed by atoms with van der Waals surface area (Å²) in [5.41, 5.74) is 0.390. The number of aromatic nitrogens is 1. The van der Waals surface area contributed by atoms with Gasteiger partial charge in [-0.1, -0.05) is 182 Å². The monoisotopic (exact) mass is 929 g/mol. The summed E-state index contributed by atoms with van der Waals surface area (Å²) in [5, 5.41) is 10.9. The lowest BCUT2D eigenvalue weighted by Gasteiger charge is -2.22. The Morgan fingerprint density at radius 1 is 0.455 bits per heavy atom. The second-order valence-electron chi connectivity index (χ2n) is 19.2. The number of aliphatic carboxylic acids is 1. The van der Waals surface area contributed by atoms with E-state index < -0.39 is 11.9 Å². The number of unbranched alkanes of at least 4 members (excludes halogenated alkanes) is 23. The fourth-order valence-corrected chi connectivity index (χ4v) is 8.77. The third-order valence-corrected chi connectivity index (χ3v) is 13.1. The first-order chi connectivity index (χ1) is 32.2. The molecule has 10 heteroatoms. The van der Waals surface area contributed by atoms with Gasteiger partial charge in [0.15, 0.2) is 18.9 Å². The van der Waals surface area contributed by atoms with Crippen molar-refractivity contribution in [3.05, 3.63) is 30.1 Å². The first-order valence-electron chi connectivity index (χ1n) is 27.7. The topological polar surface area (TPSA) is 126 Å². The molecule has 0 aromatic carbocycles. The van der Waals surface area contributed by atoms with Gasteiger partial charge in [0, 0.05) is 12.1 Å². The van der Waals surface area contributed by atoms with Crippen molar-refractivity contribution in [2.75, 3.05) is 39.5 Å². The zero-order chi connectivity index (χ0) is 48.1. The van der Waals surface area contributed by atoms with Gasteiger partial charge in [-0.05, 0) is 83.8 Å². The van der Waals surface area contributed by atoms with E-state index in [1.165, 1.54) is 120 Å². The average Bonchev–Trinajstić information content (AvgIpc) is 3.31. The molecule has 1 heterocycles. The largest absolute Gasteiger partial charge is 0.544 e. The summed E-state index contributed by atoms with van der Waals surface area (Å²) in [4.78, 5) is 52.2. The van der Waals surface area contributed by atoms with E-state index in [1.54, 1.807) is 12.1 Å². The highest BCUT2D eigenvalue weighted by atomic mass is 16.5. The van der Waals surface area contributed by atoms with Crippen molar-refractivity contribution in [3.8, 4) is 0 Å². The molecule has 0 saturated carbocycles. The molecule has 0 saturated heterocycles. The SMILES string of the molecule is CCCCCCCCC(CCCCCC)C(=O)OCCCCCCN(CCCCCCOC(=O)C(CCCCCC)CCCCCCCC)CCCCOC(=O)c1cc[n+](CC(=O)[O-])cc1. The van der Waals surface area contributed by atoms with E-state index in [4.69, 9.17) is 14.2 Å². The van der Waals surface area contributed by atoms with Crippen LogP contribution in [0.1, 0.15) is 256 Å². The highest BCUT2D eigenvalue weighted by molar-refractivity contribution is 5.89. The van der Waals surface area contributed by atoms with Crippen LogP contribution in [0.15, 0.2) is 24.5 Å². The molecule has 0 bridgehead atoms. The van der Waals surface area contributed by atoms with Crippen molar-refractivity contribution < 1.29 is 43.1 Å². The van der Waals surface area contributed by atoms with Gasteiger partial charge in [-0.25, -0.2) is 4.79 Å². The van der Waals surface area contributed by atoms with Crippen LogP contribution in [0.5, 0.6) is 0 Å². The van der Waals surface area contributed by atoms with Crippen LogP contribution in [0.25, 0.3) is 0 Å². The minimum atomic E-state index is -1.19. The highest BCUT2D eigenvalue weighted by Crippen LogP contribution is 2.22. The van der Waals surface area contributed by atoms with Crippen LogP contribution in [0.4, 0.5) is 0 Å². The molecule has 0 N–H and O–H groups in total. The van der Waals surface area contributed by atoms with Crippen LogP contribution in [0.2, 0.25) is 0 Å². The third kappa shape index (κ3) is 35.2. The van der Waals surface area contributed by atoms with E-state index in [-0.39, 0.29) is 30.3 Å². The number of nitrogens with zero attached hydrogens (tertiary/aromatic N) is 2. The molecule has 382 valence electrons. The van der Waals surface area contributed by atoms with Gasteiger partial charge in [0.1, 0.15) is 5.97 Å². The maximum atomic E-state index is 13.1. The molecule has 0 aliphatic carbocycles. The summed E-state index contributed by atoms with van der Waals surface area (Å²) < 4.78 is 18.7. The molecular weight excluding hydrogens is 829 g/mol. The van der Waals surface area contributed by atoms with Crippen LogP contribution in [0, 0.1) is 11.8 Å². The highest BCUT2D eigenvalue weighted by Gasteiger charge is 2.21. The molecule has 0 radical (unpaired) electrons. The molecule has 66 heavy (non-hydrogen) atoms. The third-order valence-electron chi connectivity index (χ3n) is 13.1. The Morgan fingerprint density at radius 3 is 1.18 bits per heavy atom. The Labute approximate surface area is 404 Å². The molecule has 0 aliphatic heterocycles. The summed E-state index contributed by atoms with van der Waals surface area (Å²) in [7, 11) is 0. The quantitative estimate of drug-likeness (QED) is 0.0272. The van der Waals surface area contributed by atoms with Crippen molar-refractivity contribution in [3.63, 3.8) is 0 Å². The maximum Gasteiger partial charge on any atom is 0.338 e.